The lowest BCUT2D eigenvalue weighted by Gasteiger charge is -2.13. The zero-order chi connectivity index (χ0) is 31.4. The van der Waals surface area contributed by atoms with Gasteiger partial charge < -0.3 is 4.57 Å². The molecular formula is C40H33N5. The summed E-state index contributed by atoms with van der Waals surface area (Å²) in [6.45, 7) is 12.3. The Morgan fingerprint density at radius 2 is 1.00 bits per heavy atom. The first-order chi connectivity index (χ1) is 21.7. The van der Waals surface area contributed by atoms with Crippen LogP contribution in [0.15, 0.2) is 91.0 Å². The van der Waals surface area contributed by atoms with Crippen molar-refractivity contribution in [1.82, 2.24) is 19.5 Å². The predicted molar refractivity (Wildman–Crippen MR) is 184 cm³/mol. The molecule has 0 aliphatic carbocycles. The van der Waals surface area contributed by atoms with Gasteiger partial charge in [0.1, 0.15) is 11.6 Å². The van der Waals surface area contributed by atoms with E-state index in [-0.39, 0.29) is 0 Å². The van der Waals surface area contributed by atoms with Gasteiger partial charge in [-0.25, -0.2) is 15.0 Å². The third kappa shape index (κ3) is 5.15. The normalized spacial score (nSPS) is 11.3. The van der Waals surface area contributed by atoms with E-state index in [0.717, 1.165) is 27.8 Å². The highest BCUT2D eigenvalue weighted by molar-refractivity contribution is 6.11. The first-order valence-corrected chi connectivity index (χ1v) is 15.2. The Hall–Kier alpha value is -5.60. The summed E-state index contributed by atoms with van der Waals surface area (Å²) in [5.41, 5.74) is 14.0. The lowest BCUT2D eigenvalue weighted by Crippen LogP contribution is -2.02. The van der Waals surface area contributed by atoms with Gasteiger partial charge in [-0.3, -0.25) is 0 Å². The minimum atomic E-state index is 0.506. The molecule has 2 heterocycles. The van der Waals surface area contributed by atoms with Crippen molar-refractivity contribution in [2.45, 2.75) is 41.5 Å². The van der Waals surface area contributed by atoms with Crippen LogP contribution < -0.4 is 0 Å². The lowest BCUT2D eigenvalue weighted by atomic mass is 9.98. The van der Waals surface area contributed by atoms with E-state index in [1.165, 1.54) is 44.2 Å². The second-order valence-corrected chi connectivity index (χ2v) is 12.1. The summed E-state index contributed by atoms with van der Waals surface area (Å²) in [4.78, 5) is 13.6. The van der Waals surface area contributed by atoms with Crippen molar-refractivity contribution < 1.29 is 0 Å². The van der Waals surface area contributed by atoms with E-state index in [4.69, 9.17) is 0 Å². The van der Waals surface area contributed by atoms with Crippen molar-refractivity contribution in [2.75, 3.05) is 0 Å². The van der Waals surface area contributed by atoms with E-state index in [9.17, 15) is 5.26 Å². The Labute approximate surface area is 263 Å². The maximum atomic E-state index is 10.1. The van der Waals surface area contributed by atoms with Gasteiger partial charge in [0.25, 0.3) is 0 Å². The largest absolute Gasteiger partial charge is 0.309 e. The number of fused-ring (bicyclic) bond motifs is 3. The fourth-order valence-corrected chi connectivity index (χ4v) is 6.63. The summed E-state index contributed by atoms with van der Waals surface area (Å²) < 4.78 is 2.31. The third-order valence-electron chi connectivity index (χ3n) is 8.36. The van der Waals surface area contributed by atoms with E-state index >= 15 is 0 Å². The molecule has 0 aliphatic heterocycles. The van der Waals surface area contributed by atoms with Crippen molar-refractivity contribution in [2.24, 2.45) is 0 Å². The van der Waals surface area contributed by atoms with Crippen LogP contribution in [0, 0.1) is 52.9 Å². The second-order valence-electron chi connectivity index (χ2n) is 12.1. The molecule has 0 N–H and O–H groups in total. The zero-order valence-electron chi connectivity index (χ0n) is 26.4. The van der Waals surface area contributed by atoms with Crippen LogP contribution >= 0.6 is 0 Å². The van der Waals surface area contributed by atoms with Crippen LogP contribution in [0.3, 0.4) is 0 Å². The average Bonchev–Trinajstić information content (AvgIpc) is 3.32. The molecule has 0 radical (unpaired) electrons. The van der Waals surface area contributed by atoms with Crippen molar-refractivity contribution in [3.8, 4) is 45.4 Å². The first kappa shape index (κ1) is 28.2. The summed E-state index contributed by atoms with van der Waals surface area (Å²) >= 11 is 0. The van der Waals surface area contributed by atoms with Crippen LogP contribution in [0.2, 0.25) is 0 Å². The fourth-order valence-electron chi connectivity index (χ4n) is 6.63. The van der Waals surface area contributed by atoms with E-state index in [0.29, 0.717) is 28.6 Å². The van der Waals surface area contributed by atoms with Crippen LogP contribution in [0.4, 0.5) is 0 Å². The van der Waals surface area contributed by atoms with Gasteiger partial charge in [0.05, 0.1) is 22.7 Å². The van der Waals surface area contributed by atoms with Gasteiger partial charge in [-0.1, -0.05) is 82.9 Å². The van der Waals surface area contributed by atoms with Crippen molar-refractivity contribution in [1.29, 1.82) is 5.26 Å². The molecule has 5 aromatic carbocycles. The number of aryl methyl sites for hydroxylation is 6. The molecule has 0 atom stereocenters. The van der Waals surface area contributed by atoms with E-state index < -0.39 is 0 Å². The maximum Gasteiger partial charge on any atom is 0.164 e. The highest BCUT2D eigenvalue weighted by Gasteiger charge is 2.18. The molecule has 5 nitrogen and oxygen atoms in total. The molecule has 7 rings (SSSR count). The number of hydrogen-bond acceptors (Lipinski definition) is 4. The quantitative estimate of drug-likeness (QED) is 0.207. The summed E-state index contributed by atoms with van der Waals surface area (Å²) in [6, 6.07) is 35.2. The van der Waals surface area contributed by atoms with Gasteiger partial charge in [0.2, 0.25) is 0 Å². The number of aromatic nitrogens is 4. The van der Waals surface area contributed by atoms with Gasteiger partial charge in [0, 0.05) is 22.0 Å². The first-order valence-electron chi connectivity index (χ1n) is 15.2. The zero-order valence-corrected chi connectivity index (χ0v) is 26.4. The number of nitrogens with zero attached hydrogens (tertiary/aromatic N) is 5. The maximum absolute atomic E-state index is 10.1. The molecule has 0 aliphatic rings. The molecule has 45 heavy (non-hydrogen) atoms. The van der Waals surface area contributed by atoms with E-state index in [1.807, 2.05) is 32.0 Å². The molecule has 0 spiro atoms. The number of rotatable bonds is 4. The Morgan fingerprint density at radius 3 is 1.47 bits per heavy atom. The third-order valence-corrected chi connectivity index (χ3v) is 8.36. The van der Waals surface area contributed by atoms with Gasteiger partial charge in [-0.05, 0) is 94.1 Å². The molecule has 0 amide bonds. The SMILES string of the molecule is Cc1cc(C)cc(-c2ccc3c4ccc(-c5cc(C)cc(C)c5)cc4n(-c4ccc(C#N)c(-c5nc(C)nc(C)n5)c4)c3c2)c1. The predicted octanol–water partition coefficient (Wildman–Crippen LogP) is 9.69. The molecule has 0 fully saturated rings. The number of benzene rings is 5. The molecule has 7 aromatic rings. The van der Waals surface area contributed by atoms with Gasteiger partial charge in [-0.2, -0.15) is 5.26 Å². The summed E-state index contributed by atoms with van der Waals surface area (Å²) in [6.07, 6.45) is 0. The van der Waals surface area contributed by atoms with Gasteiger partial charge in [0.15, 0.2) is 5.82 Å². The van der Waals surface area contributed by atoms with Crippen molar-refractivity contribution >= 4 is 21.8 Å². The Bertz CT molecular complexity index is 2180. The molecule has 218 valence electrons. The molecule has 5 heteroatoms. The monoisotopic (exact) mass is 583 g/mol. The minimum absolute atomic E-state index is 0.506. The van der Waals surface area contributed by atoms with Crippen molar-refractivity contribution in [3.63, 3.8) is 0 Å². The van der Waals surface area contributed by atoms with Gasteiger partial charge in [-0.15, -0.1) is 0 Å². The van der Waals surface area contributed by atoms with Crippen LogP contribution in [0.1, 0.15) is 39.5 Å². The molecule has 0 bridgehead atoms. The summed E-state index contributed by atoms with van der Waals surface area (Å²) in [5, 5.41) is 12.4. The van der Waals surface area contributed by atoms with E-state index in [1.54, 1.807) is 0 Å². The van der Waals surface area contributed by atoms with Crippen LogP contribution in [-0.4, -0.2) is 19.5 Å². The highest BCUT2D eigenvalue weighted by atomic mass is 15.0. The summed E-state index contributed by atoms with van der Waals surface area (Å²) in [7, 11) is 0. The molecule has 0 saturated carbocycles. The smallest absolute Gasteiger partial charge is 0.164 e. The topological polar surface area (TPSA) is 67.4 Å². The molecule has 0 saturated heterocycles. The second kappa shape index (κ2) is 10.8. The van der Waals surface area contributed by atoms with E-state index in [2.05, 4.69) is 126 Å². The van der Waals surface area contributed by atoms with Crippen LogP contribution in [-0.2, 0) is 0 Å². The minimum Gasteiger partial charge on any atom is -0.309 e. The number of hydrogen-bond donors (Lipinski definition) is 0. The Kier molecular flexibility index (Phi) is 6.79. The van der Waals surface area contributed by atoms with Crippen molar-refractivity contribution in [3.05, 3.63) is 130 Å². The fraction of sp³-hybridized carbons (Fsp3) is 0.150. The highest BCUT2D eigenvalue weighted by Crippen LogP contribution is 2.38. The lowest BCUT2D eigenvalue weighted by molar-refractivity contribution is 0.927. The van der Waals surface area contributed by atoms with Crippen LogP contribution in [0.5, 0.6) is 0 Å². The Balaban J connectivity index is 1.54. The molecule has 2 aromatic heterocycles. The average molecular weight is 584 g/mol. The Morgan fingerprint density at radius 1 is 0.511 bits per heavy atom. The standard InChI is InChI=1S/C40H33N5/c1-23-13-24(2)16-32(15-23)29-8-11-35-36-12-9-30(33-17-25(3)14-26(4)18-33)20-39(36)45(38(35)19-29)34-10-7-31(22-41)37(21-34)40-43-27(5)42-28(6)44-40/h7-21H,1-6H3. The number of nitriles is 1. The van der Waals surface area contributed by atoms with Crippen LogP contribution in [0.25, 0.3) is 61.1 Å². The van der Waals surface area contributed by atoms with Gasteiger partial charge >= 0.3 is 0 Å². The molecular weight excluding hydrogens is 550 g/mol. The molecule has 0 unspecified atom stereocenters. The summed E-state index contributed by atoms with van der Waals surface area (Å²) in [5.74, 6) is 1.76.